The number of nitro benzene ring substituents is 2. The van der Waals surface area contributed by atoms with Crippen LogP contribution in [-0.4, -0.2) is 27.4 Å². The van der Waals surface area contributed by atoms with Crippen molar-refractivity contribution in [2.45, 2.75) is 13.8 Å². The predicted octanol–water partition coefficient (Wildman–Crippen LogP) is 2.98. The first-order chi connectivity index (χ1) is 10.9. The Morgan fingerprint density at radius 3 is 2.48 bits per heavy atom. The Balaban J connectivity index is 2.65. The van der Waals surface area contributed by atoms with Gasteiger partial charge < -0.3 is 9.72 Å². The molecule has 23 heavy (non-hydrogen) atoms. The molecule has 0 bridgehead atoms. The van der Waals surface area contributed by atoms with E-state index in [1.54, 1.807) is 13.8 Å². The molecule has 0 aliphatic heterocycles. The van der Waals surface area contributed by atoms with Gasteiger partial charge in [0.2, 0.25) is 0 Å². The average molecular weight is 319 g/mol. The van der Waals surface area contributed by atoms with Crippen LogP contribution in [0.3, 0.4) is 0 Å². The van der Waals surface area contributed by atoms with E-state index in [2.05, 4.69) is 4.98 Å². The molecule has 9 heteroatoms. The second kappa shape index (κ2) is 6.26. The molecule has 120 valence electrons. The molecule has 2 rings (SSSR count). The number of hydrogen-bond donors (Lipinski definition) is 1. The first kappa shape index (κ1) is 16.1. The minimum Gasteiger partial charge on any atom is -0.462 e. The van der Waals surface area contributed by atoms with E-state index in [1.807, 2.05) is 0 Å². The van der Waals surface area contributed by atoms with Crippen LogP contribution in [0.2, 0.25) is 0 Å². The Kier molecular flexibility index (Phi) is 4.39. The normalized spacial score (nSPS) is 10.3. The third-order valence-electron chi connectivity index (χ3n) is 3.24. The monoisotopic (exact) mass is 319 g/mol. The number of nitrogens with zero attached hydrogens (tertiary/aromatic N) is 2. The highest BCUT2D eigenvalue weighted by atomic mass is 16.6. The molecule has 0 saturated carbocycles. The number of benzene rings is 1. The van der Waals surface area contributed by atoms with Gasteiger partial charge >= 0.3 is 5.97 Å². The van der Waals surface area contributed by atoms with E-state index in [0.717, 1.165) is 12.1 Å². The van der Waals surface area contributed by atoms with Crippen LogP contribution in [0, 0.1) is 27.2 Å². The number of aromatic amines is 1. The summed E-state index contributed by atoms with van der Waals surface area (Å²) in [6, 6.07) is 3.27. The van der Waals surface area contributed by atoms with E-state index in [9.17, 15) is 25.0 Å². The van der Waals surface area contributed by atoms with Gasteiger partial charge in [0.1, 0.15) is 0 Å². The third-order valence-corrected chi connectivity index (χ3v) is 3.24. The van der Waals surface area contributed by atoms with Gasteiger partial charge in [-0.25, -0.2) is 4.79 Å². The van der Waals surface area contributed by atoms with Gasteiger partial charge in [-0.05, 0) is 19.9 Å². The molecule has 0 radical (unpaired) electrons. The summed E-state index contributed by atoms with van der Waals surface area (Å²) in [7, 11) is 0. The van der Waals surface area contributed by atoms with Crippen LogP contribution in [0.4, 0.5) is 11.4 Å². The highest BCUT2D eigenvalue weighted by Crippen LogP contribution is 2.36. The molecule has 0 aliphatic rings. The van der Waals surface area contributed by atoms with E-state index in [-0.39, 0.29) is 23.3 Å². The number of esters is 1. The summed E-state index contributed by atoms with van der Waals surface area (Å²) >= 11 is 0. The van der Waals surface area contributed by atoms with Crippen LogP contribution in [0.25, 0.3) is 11.1 Å². The van der Waals surface area contributed by atoms with Gasteiger partial charge in [-0.15, -0.1) is 0 Å². The lowest BCUT2D eigenvalue weighted by molar-refractivity contribution is -0.393. The van der Waals surface area contributed by atoms with Crippen molar-refractivity contribution >= 4 is 17.3 Å². The standard InChI is InChI=1S/C14H13N3O6/c1-3-23-14(18)13-8(2)15-7-11(13)10-5-4-9(16(19)20)6-12(10)17(21)22/h4-7,15H,3H2,1-2H3. The van der Waals surface area contributed by atoms with Crippen molar-refractivity contribution in [2.24, 2.45) is 0 Å². The van der Waals surface area contributed by atoms with Crippen molar-refractivity contribution in [2.75, 3.05) is 6.61 Å². The Labute approximate surface area is 130 Å². The molecular formula is C14H13N3O6. The highest BCUT2D eigenvalue weighted by Gasteiger charge is 2.26. The second-order valence-electron chi connectivity index (χ2n) is 4.64. The van der Waals surface area contributed by atoms with Gasteiger partial charge in [-0.3, -0.25) is 20.2 Å². The molecule has 1 N–H and O–H groups in total. The number of non-ortho nitro benzene ring substituents is 1. The summed E-state index contributed by atoms with van der Waals surface area (Å²) in [5, 5.41) is 22.0. The van der Waals surface area contributed by atoms with Crippen LogP contribution in [0.5, 0.6) is 0 Å². The van der Waals surface area contributed by atoms with Crippen molar-refractivity contribution in [3.05, 3.63) is 55.9 Å². The van der Waals surface area contributed by atoms with Crippen molar-refractivity contribution in [1.29, 1.82) is 0 Å². The van der Waals surface area contributed by atoms with Crippen LogP contribution in [0.1, 0.15) is 23.0 Å². The van der Waals surface area contributed by atoms with E-state index >= 15 is 0 Å². The van der Waals surface area contributed by atoms with E-state index in [4.69, 9.17) is 4.74 Å². The smallest absolute Gasteiger partial charge is 0.340 e. The van der Waals surface area contributed by atoms with Gasteiger partial charge in [0.25, 0.3) is 11.4 Å². The number of nitrogens with one attached hydrogen (secondary N) is 1. The van der Waals surface area contributed by atoms with Crippen LogP contribution in [-0.2, 0) is 4.74 Å². The lowest BCUT2D eigenvalue weighted by Gasteiger charge is -2.06. The summed E-state index contributed by atoms with van der Waals surface area (Å²) in [6.45, 7) is 3.44. The van der Waals surface area contributed by atoms with Crippen molar-refractivity contribution in [1.82, 2.24) is 4.98 Å². The Hall–Kier alpha value is -3.23. The number of carbonyl (C=O) groups is 1. The topological polar surface area (TPSA) is 128 Å². The molecule has 0 spiro atoms. The fourth-order valence-corrected chi connectivity index (χ4v) is 2.22. The number of nitro groups is 2. The molecule has 0 amide bonds. The predicted molar refractivity (Wildman–Crippen MR) is 80.2 cm³/mol. The number of carbonyl (C=O) groups excluding carboxylic acids is 1. The summed E-state index contributed by atoms with van der Waals surface area (Å²) in [6.07, 6.45) is 1.44. The van der Waals surface area contributed by atoms with E-state index < -0.39 is 27.2 Å². The van der Waals surface area contributed by atoms with Crippen LogP contribution < -0.4 is 0 Å². The number of hydrogen-bond acceptors (Lipinski definition) is 6. The summed E-state index contributed by atoms with van der Waals surface area (Å²) in [5.74, 6) is -0.617. The zero-order chi connectivity index (χ0) is 17.1. The van der Waals surface area contributed by atoms with Crippen molar-refractivity contribution in [3.63, 3.8) is 0 Å². The molecule has 1 aromatic heterocycles. The third kappa shape index (κ3) is 3.03. The molecule has 2 aromatic rings. The maximum absolute atomic E-state index is 12.1. The largest absolute Gasteiger partial charge is 0.462 e. The molecule has 9 nitrogen and oxygen atoms in total. The number of ether oxygens (including phenoxy) is 1. The minimum atomic E-state index is -0.723. The lowest BCUT2D eigenvalue weighted by Crippen LogP contribution is -2.07. The van der Waals surface area contributed by atoms with Gasteiger partial charge in [-0.1, -0.05) is 0 Å². The molecule has 0 unspecified atom stereocenters. The molecular weight excluding hydrogens is 306 g/mol. The number of H-pyrrole nitrogens is 1. The highest BCUT2D eigenvalue weighted by molar-refractivity contribution is 6.00. The summed E-state index contributed by atoms with van der Waals surface area (Å²) < 4.78 is 4.95. The van der Waals surface area contributed by atoms with E-state index in [1.165, 1.54) is 12.3 Å². The van der Waals surface area contributed by atoms with Crippen molar-refractivity contribution < 1.29 is 19.4 Å². The molecule has 0 fully saturated rings. The fourth-order valence-electron chi connectivity index (χ4n) is 2.22. The Morgan fingerprint density at radius 1 is 1.22 bits per heavy atom. The van der Waals surface area contributed by atoms with Crippen molar-refractivity contribution in [3.8, 4) is 11.1 Å². The van der Waals surface area contributed by atoms with Crippen LogP contribution in [0.15, 0.2) is 24.4 Å². The minimum absolute atomic E-state index is 0.105. The zero-order valence-corrected chi connectivity index (χ0v) is 12.4. The number of rotatable bonds is 5. The quantitative estimate of drug-likeness (QED) is 0.512. The molecule has 1 aromatic carbocycles. The first-order valence-corrected chi connectivity index (χ1v) is 6.65. The zero-order valence-electron chi connectivity index (χ0n) is 12.4. The summed E-state index contributed by atoms with van der Waals surface area (Å²) in [4.78, 5) is 35.5. The SMILES string of the molecule is CCOC(=O)c1c(-c2ccc([N+](=O)[O-])cc2[N+](=O)[O-])c[nH]c1C. The van der Waals surface area contributed by atoms with Gasteiger partial charge in [0.15, 0.2) is 0 Å². The fraction of sp³-hybridized carbons (Fsp3) is 0.214. The maximum Gasteiger partial charge on any atom is 0.340 e. The second-order valence-corrected chi connectivity index (χ2v) is 4.64. The average Bonchev–Trinajstić information content (AvgIpc) is 2.88. The summed E-state index contributed by atoms with van der Waals surface area (Å²) in [5.41, 5.74) is 0.180. The molecule has 0 aliphatic carbocycles. The number of aryl methyl sites for hydroxylation is 1. The van der Waals surface area contributed by atoms with Gasteiger partial charge in [-0.2, -0.15) is 0 Å². The van der Waals surface area contributed by atoms with E-state index in [0.29, 0.717) is 5.69 Å². The van der Waals surface area contributed by atoms with Gasteiger partial charge in [0, 0.05) is 23.5 Å². The van der Waals surface area contributed by atoms with Gasteiger partial charge in [0.05, 0.1) is 33.6 Å². The lowest BCUT2D eigenvalue weighted by atomic mass is 10.0. The first-order valence-electron chi connectivity index (χ1n) is 6.65. The Bertz CT molecular complexity index is 796. The van der Waals surface area contributed by atoms with Crippen LogP contribution >= 0.6 is 0 Å². The Morgan fingerprint density at radius 2 is 1.91 bits per heavy atom. The molecule has 1 heterocycles. The maximum atomic E-state index is 12.1. The number of aromatic nitrogens is 1. The molecule has 0 atom stereocenters. The molecule has 0 saturated heterocycles.